The van der Waals surface area contributed by atoms with Crippen molar-refractivity contribution in [3.8, 4) is 0 Å². The molecule has 5 heteroatoms. The quantitative estimate of drug-likeness (QED) is 0.925. The van der Waals surface area contributed by atoms with E-state index in [0.29, 0.717) is 19.5 Å². The zero-order valence-corrected chi connectivity index (χ0v) is 12.3. The van der Waals surface area contributed by atoms with Gasteiger partial charge in [0.05, 0.1) is 5.00 Å². The maximum absolute atomic E-state index is 12.1. The molecule has 2 rings (SSSR count). The van der Waals surface area contributed by atoms with E-state index in [4.69, 9.17) is 0 Å². The Hall–Kier alpha value is -1.36. The lowest BCUT2D eigenvalue weighted by atomic mass is 9.96. The number of piperidine rings is 1. The molecule has 0 unspecified atom stereocenters. The van der Waals surface area contributed by atoms with E-state index >= 15 is 0 Å². The van der Waals surface area contributed by atoms with Crippen molar-refractivity contribution in [2.24, 2.45) is 5.92 Å². The summed E-state index contributed by atoms with van der Waals surface area (Å²) in [4.78, 5) is 26.7. The molecule has 1 N–H and O–H groups in total. The topological polar surface area (TPSA) is 49.4 Å². The fraction of sp³-hybridized carbons (Fsp3) is 0.571. The van der Waals surface area contributed by atoms with E-state index in [9.17, 15) is 9.59 Å². The summed E-state index contributed by atoms with van der Waals surface area (Å²) in [6, 6.07) is 3.94. The second-order valence-electron chi connectivity index (χ2n) is 4.91. The van der Waals surface area contributed by atoms with E-state index in [1.165, 1.54) is 4.88 Å². The van der Waals surface area contributed by atoms with Crippen LogP contribution < -0.4 is 5.32 Å². The highest BCUT2D eigenvalue weighted by atomic mass is 32.1. The second-order valence-corrected chi connectivity index (χ2v) is 6.20. The van der Waals surface area contributed by atoms with Crippen LogP contribution in [0.15, 0.2) is 12.1 Å². The van der Waals surface area contributed by atoms with Crippen molar-refractivity contribution >= 4 is 28.2 Å². The Labute approximate surface area is 117 Å². The summed E-state index contributed by atoms with van der Waals surface area (Å²) in [5, 5.41) is 3.88. The summed E-state index contributed by atoms with van der Waals surface area (Å²) in [5.41, 5.74) is 0. The minimum atomic E-state index is 0.0308. The Morgan fingerprint density at radius 2 is 2.05 bits per heavy atom. The average molecular weight is 280 g/mol. The number of carbonyl (C=O) groups is 2. The van der Waals surface area contributed by atoms with Crippen LogP contribution in [-0.4, -0.2) is 29.8 Å². The highest BCUT2D eigenvalue weighted by Gasteiger charge is 2.26. The van der Waals surface area contributed by atoms with Gasteiger partial charge in [0.15, 0.2) is 0 Å². The summed E-state index contributed by atoms with van der Waals surface area (Å²) < 4.78 is 0. The molecule has 2 heterocycles. The van der Waals surface area contributed by atoms with Gasteiger partial charge in [-0.1, -0.05) is 6.92 Å². The Morgan fingerprint density at radius 1 is 1.37 bits per heavy atom. The number of thiophene rings is 1. The summed E-state index contributed by atoms with van der Waals surface area (Å²) in [6.07, 6.45) is 2.08. The van der Waals surface area contributed by atoms with Crippen molar-refractivity contribution in [3.63, 3.8) is 0 Å². The van der Waals surface area contributed by atoms with Crippen LogP contribution in [0.3, 0.4) is 0 Å². The van der Waals surface area contributed by atoms with E-state index in [2.05, 4.69) is 5.32 Å². The molecule has 1 aromatic heterocycles. The molecule has 1 aliphatic rings. The highest BCUT2D eigenvalue weighted by Crippen LogP contribution is 2.24. The summed E-state index contributed by atoms with van der Waals surface area (Å²) in [6.45, 7) is 5.30. The van der Waals surface area contributed by atoms with E-state index in [-0.39, 0.29) is 17.7 Å². The van der Waals surface area contributed by atoms with Crippen LogP contribution >= 0.6 is 11.3 Å². The molecular weight excluding hydrogens is 260 g/mol. The lowest BCUT2D eigenvalue weighted by Crippen LogP contribution is -2.41. The predicted octanol–water partition coefficient (Wildman–Crippen LogP) is 2.64. The van der Waals surface area contributed by atoms with Crippen LogP contribution in [0.2, 0.25) is 0 Å². The van der Waals surface area contributed by atoms with E-state index in [1.54, 1.807) is 11.3 Å². The lowest BCUT2D eigenvalue weighted by molar-refractivity contribution is -0.134. The van der Waals surface area contributed by atoms with Crippen LogP contribution in [0.1, 0.15) is 31.1 Å². The fourth-order valence-electron chi connectivity index (χ4n) is 2.34. The van der Waals surface area contributed by atoms with Crippen molar-refractivity contribution in [1.82, 2.24) is 4.90 Å². The largest absolute Gasteiger partial charge is 0.343 e. The van der Waals surface area contributed by atoms with Gasteiger partial charge in [-0.15, -0.1) is 11.3 Å². The molecule has 4 nitrogen and oxygen atoms in total. The van der Waals surface area contributed by atoms with Crippen LogP contribution in [0.4, 0.5) is 5.00 Å². The average Bonchev–Trinajstić information content (AvgIpc) is 2.83. The van der Waals surface area contributed by atoms with Gasteiger partial charge in [-0.2, -0.15) is 0 Å². The first-order chi connectivity index (χ1) is 9.10. The van der Waals surface area contributed by atoms with Crippen molar-refractivity contribution in [1.29, 1.82) is 0 Å². The maximum Gasteiger partial charge on any atom is 0.228 e. The molecule has 0 spiro atoms. The monoisotopic (exact) mass is 280 g/mol. The van der Waals surface area contributed by atoms with E-state index in [0.717, 1.165) is 17.8 Å². The fourth-order valence-corrected chi connectivity index (χ4v) is 3.11. The number of nitrogens with one attached hydrogen (secondary N) is 1. The smallest absolute Gasteiger partial charge is 0.228 e. The van der Waals surface area contributed by atoms with Crippen molar-refractivity contribution in [2.45, 2.75) is 33.1 Å². The maximum atomic E-state index is 12.1. The minimum absolute atomic E-state index is 0.0308. The molecule has 1 fully saturated rings. The van der Waals surface area contributed by atoms with Crippen molar-refractivity contribution in [2.75, 3.05) is 18.4 Å². The third-order valence-corrected chi connectivity index (χ3v) is 4.42. The zero-order valence-electron chi connectivity index (χ0n) is 11.4. The normalized spacial score (nSPS) is 16.4. The predicted molar refractivity (Wildman–Crippen MR) is 77.3 cm³/mol. The number of anilines is 1. The number of hydrogen-bond acceptors (Lipinski definition) is 3. The molecule has 19 heavy (non-hydrogen) atoms. The minimum Gasteiger partial charge on any atom is -0.343 e. The van der Waals surface area contributed by atoms with Crippen LogP contribution in [0.5, 0.6) is 0 Å². The molecule has 0 aromatic carbocycles. The molecule has 0 saturated carbocycles. The molecule has 1 saturated heterocycles. The highest BCUT2D eigenvalue weighted by molar-refractivity contribution is 7.16. The number of aryl methyl sites for hydroxylation is 1. The number of nitrogens with zero attached hydrogens (tertiary/aromatic N) is 1. The molecule has 0 bridgehead atoms. The Morgan fingerprint density at radius 3 is 2.58 bits per heavy atom. The number of amides is 2. The summed E-state index contributed by atoms with van der Waals surface area (Å²) in [5.74, 6) is 0.307. The van der Waals surface area contributed by atoms with Crippen LogP contribution in [-0.2, 0) is 9.59 Å². The molecule has 1 aliphatic heterocycles. The van der Waals surface area contributed by atoms with Gasteiger partial charge in [0.2, 0.25) is 11.8 Å². The van der Waals surface area contributed by atoms with E-state index < -0.39 is 0 Å². The van der Waals surface area contributed by atoms with Crippen LogP contribution in [0, 0.1) is 12.8 Å². The first-order valence-electron chi connectivity index (χ1n) is 6.75. The summed E-state index contributed by atoms with van der Waals surface area (Å²) in [7, 11) is 0. The van der Waals surface area contributed by atoms with E-state index in [1.807, 2.05) is 30.9 Å². The standard InChI is InChI=1S/C14H20N2O2S/c1-3-13(17)16-8-6-11(7-9-16)14(18)15-12-5-4-10(2)19-12/h4-5,11H,3,6-9H2,1-2H3,(H,15,18). The first kappa shape index (κ1) is 14.1. The van der Waals surface area contributed by atoms with Crippen molar-refractivity contribution in [3.05, 3.63) is 17.0 Å². The zero-order chi connectivity index (χ0) is 13.8. The Balaban J connectivity index is 1.84. The molecular formula is C14H20N2O2S. The van der Waals surface area contributed by atoms with Gasteiger partial charge in [0.1, 0.15) is 0 Å². The summed E-state index contributed by atoms with van der Waals surface area (Å²) >= 11 is 1.59. The van der Waals surface area contributed by atoms with Gasteiger partial charge >= 0.3 is 0 Å². The molecule has 1 aromatic rings. The Bertz CT molecular complexity index is 462. The second kappa shape index (κ2) is 6.19. The third kappa shape index (κ3) is 3.56. The van der Waals surface area contributed by atoms with Gasteiger partial charge in [-0.25, -0.2) is 0 Å². The molecule has 0 radical (unpaired) electrons. The van der Waals surface area contributed by atoms with Gasteiger partial charge in [0, 0.05) is 30.3 Å². The molecule has 2 amide bonds. The van der Waals surface area contributed by atoms with Gasteiger partial charge in [0.25, 0.3) is 0 Å². The molecule has 0 aliphatic carbocycles. The lowest BCUT2D eigenvalue weighted by Gasteiger charge is -2.31. The number of hydrogen-bond donors (Lipinski definition) is 1. The van der Waals surface area contributed by atoms with Gasteiger partial charge in [-0.3, -0.25) is 9.59 Å². The van der Waals surface area contributed by atoms with Crippen LogP contribution in [0.25, 0.3) is 0 Å². The number of rotatable bonds is 3. The molecule has 0 atom stereocenters. The molecule has 104 valence electrons. The number of likely N-dealkylation sites (tertiary alicyclic amines) is 1. The third-order valence-electron chi connectivity index (χ3n) is 3.51. The number of carbonyl (C=O) groups excluding carboxylic acids is 2. The van der Waals surface area contributed by atoms with Crippen molar-refractivity contribution < 1.29 is 9.59 Å². The first-order valence-corrected chi connectivity index (χ1v) is 7.57. The SMILES string of the molecule is CCC(=O)N1CCC(C(=O)Nc2ccc(C)s2)CC1. The Kier molecular flexibility index (Phi) is 4.58. The van der Waals surface area contributed by atoms with Gasteiger partial charge in [-0.05, 0) is 31.9 Å². The van der Waals surface area contributed by atoms with Gasteiger partial charge < -0.3 is 10.2 Å².